The predicted octanol–water partition coefficient (Wildman–Crippen LogP) is 2.26. The summed E-state index contributed by atoms with van der Waals surface area (Å²) in [5.74, 6) is 3.31. The van der Waals surface area contributed by atoms with Gasteiger partial charge in [0, 0.05) is 18.7 Å². The van der Waals surface area contributed by atoms with Crippen LogP contribution >= 0.6 is 0 Å². The molecule has 1 heterocycles. The van der Waals surface area contributed by atoms with E-state index in [1.54, 1.807) is 0 Å². The molecule has 1 saturated carbocycles. The molecule has 140 valence electrons. The molecule has 0 aromatic heterocycles. The summed E-state index contributed by atoms with van der Waals surface area (Å²) < 4.78 is 11.6. The third-order valence-electron chi connectivity index (χ3n) is 5.35. The summed E-state index contributed by atoms with van der Waals surface area (Å²) in [7, 11) is 0. The van der Waals surface area contributed by atoms with Crippen LogP contribution in [0.15, 0.2) is 30.3 Å². The van der Waals surface area contributed by atoms with E-state index in [1.165, 1.54) is 0 Å². The van der Waals surface area contributed by atoms with Crippen LogP contribution in [0.5, 0.6) is 5.75 Å². The first-order chi connectivity index (χ1) is 12.6. The number of carbonyl (C=O) groups excluding carboxylic acids is 1. The first-order valence-corrected chi connectivity index (χ1v) is 9.44. The summed E-state index contributed by atoms with van der Waals surface area (Å²) in [5, 5.41) is 6.60. The highest BCUT2D eigenvalue weighted by Gasteiger charge is 2.44. The summed E-state index contributed by atoms with van der Waals surface area (Å²) in [4.78, 5) is 12.4. The van der Waals surface area contributed by atoms with E-state index >= 15 is 0 Å². The van der Waals surface area contributed by atoms with Gasteiger partial charge in [0.2, 0.25) is 0 Å². The highest BCUT2D eigenvalue weighted by molar-refractivity contribution is 5.78. The monoisotopic (exact) mass is 356 g/mol. The fourth-order valence-electron chi connectivity index (χ4n) is 4.01. The van der Waals surface area contributed by atoms with Crippen LogP contribution in [0.25, 0.3) is 0 Å². The van der Waals surface area contributed by atoms with Crippen molar-refractivity contribution in [1.29, 1.82) is 0 Å². The second kappa shape index (κ2) is 8.57. The highest BCUT2D eigenvalue weighted by Crippen LogP contribution is 2.39. The smallest absolute Gasteiger partial charge is 0.258 e. The molecule has 1 spiro atoms. The molecule has 4 atom stereocenters. The Balaban J connectivity index is 1.57. The fourth-order valence-corrected chi connectivity index (χ4v) is 4.01. The number of nitrogens with one attached hydrogen (secondary N) is 2. The Labute approximate surface area is 155 Å². The fraction of sp³-hybridized carbons (Fsp3) is 0.571. The molecule has 4 unspecified atom stereocenters. The van der Waals surface area contributed by atoms with Crippen molar-refractivity contribution in [2.24, 2.45) is 0 Å². The number of hydrogen-bond donors (Lipinski definition) is 2. The molecule has 2 N–H and O–H groups in total. The summed E-state index contributed by atoms with van der Waals surface area (Å²) >= 11 is 0. The van der Waals surface area contributed by atoms with Gasteiger partial charge in [-0.25, -0.2) is 0 Å². The third kappa shape index (κ3) is 4.78. The van der Waals surface area contributed by atoms with E-state index in [4.69, 9.17) is 15.9 Å². The minimum atomic E-state index is -0.109. The largest absolute Gasteiger partial charge is 0.484 e. The van der Waals surface area contributed by atoms with Crippen molar-refractivity contribution in [3.8, 4) is 18.1 Å². The van der Waals surface area contributed by atoms with Gasteiger partial charge in [-0.2, -0.15) is 0 Å². The molecule has 2 fully saturated rings. The number of carbonyl (C=O) groups is 1. The lowest BCUT2D eigenvalue weighted by molar-refractivity contribution is -0.125. The minimum absolute atomic E-state index is 0.0135. The summed E-state index contributed by atoms with van der Waals surface area (Å²) in [6, 6.07) is 9.46. The Morgan fingerprint density at radius 1 is 1.38 bits per heavy atom. The standard InChI is InChI=1S/C21H28N2O3/c1-3-16(2)22-19-14-21(11-7-13-26-21)12-10-18(19)23-20(24)15-25-17-8-5-4-6-9-17/h1,4-6,8-9,16,18-19,22H,7,10-15H2,2H3,(H,23,24). The second-order valence-electron chi connectivity index (χ2n) is 7.32. The topological polar surface area (TPSA) is 59.6 Å². The second-order valence-corrected chi connectivity index (χ2v) is 7.32. The van der Waals surface area contributed by atoms with Gasteiger partial charge in [0.1, 0.15) is 5.75 Å². The van der Waals surface area contributed by atoms with Crippen molar-refractivity contribution >= 4 is 5.91 Å². The van der Waals surface area contributed by atoms with Gasteiger partial charge in [-0.3, -0.25) is 10.1 Å². The zero-order valence-electron chi connectivity index (χ0n) is 15.4. The molecule has 1 aliphatic heterocycles. The molecule has 5 nitrogen and oxygen atoms in total. The van der Waals surface area contributed by atoms with Crippen LogP contribution in [-0.4, -0.2) is 42.8 Å². The van der Waals surface area contributed by atoms with Crippen LogP contribution in [-0.2, 0) is 9.53 Å². The van der Waals surface area contributed by atoms with Crippen LogP contribution in [0.2, 0.25) is 0 Å². The highest BCUT2D eigenvalue weighted by atomic mass is 16.5. The predicted molar refractivity (Wildman–Crippen MR) is 101 cm³/mol. The van der Waals surface area contributed by atoms with E-state index in [1.807, 2.05) is 37.3 Å². The van der Waals surface area contributed by atoms with Crippen molar-refractivity contribution in [2.45, 2.75) is 62.8 Å². The molecule has 1 aromatic rings. The SMILES string of the molecule is C#CC(C)NC1CC2(CCCO2)CCC1NC(=O)COc1ccccc1. The quantitative estimate of drug-likeness (QED) is 0.768. The van der Waals surface area contributed by atoms with Gasteiger partial charge in [0.25, 0.3) is 5.91 Å². The molecule has 1 aliphatic carbocycles. The third-order valence-corrected chi connectivity index (χ3v) is 5.35. The van der Waals surface area contributed by atoms with E-state index in [9.17, 15) is 4.79 Å². The van der Waals surface area contributed by atoms with Gasteiger partial charge < -0.3 is 14.8 Å². The first-order valence-electron chi connectivity index (χ1n) is 9.44. The Bertz CT molecular complexity index is 634. The zero-order chi connectivity index (χ0) is 18.4. The maximum atomic E-state index is 12.4. The van der Waals surface area contributed by atoms with Crippen LogP contribution in [0.3, 0.4) is 0 Å². The molecule has 2 aliphatic rings. The minimum Gasteiger partial charge on any atom is -0.484 e. The number of hydrogen-bond acceptors (Lipinski definition) is 4. The molecule has 1 amide bonds. The Kier molecular flexibility index (Phi) is 6.18. The van der Waals surface area contributed by atoms with E-state index < -0.39 is 0 Å². The molecule has 0 radical (unpaired) electrons. The van der Waals surface area contributed by atoms with Gasteiger partial charge in [-0.1, -0.05) is 24.1 Å². The van der Waals surface area contributed by atoms with Gasteiger partial charge in [-0.15, -0.1) is 6.42 Å². The number of para-hydroxylation sites is 1. The normalized spacial score (nSPS) is 29.1. The Hall–Kier alpha value is -2.03. The number of benzene rings is 1. The zero-order valence-corrected chi connectivity index (χ0v) is 15.4. The molecule has 5 heteroatoms. The molecular formula is C21H28N2O3. The maximum Gasteiger partial charge on any atom is 0.258 e. The van der Waals surface area contributed by atoms with Gasteiger partial charge >= 0.3 is 0 Å². The van der Waals surface area contributed by atoms with Crippen LogP contribution in [0, 0.1) is 12.3 Å². The average molecular weight is 356 g/mol. The first kappa shape index (κ1) is 18.8. The molecule has 1 aromatic carbocycles. The summed E-state index contributed by atoms with van der Waals surface area (Å²) in [6.07, 6.45) is 10.5. The molecule has 1 saturated heterocycles. The van der Waals surface area contributed by atoms with Gasteiger partial charge in [0.15, 0.2) is 6.61 Å². The van der Waals surface area contributed by atoms with Crippen molar-refractivity contribution in [1.82, 2.24) is 10.6 Å². The number of amides is 1. The molecule has 0 bridgehead atoms. The van der Waals surface area contributed by atoms with Crippen molar-refractivity contribution in [3.05, 3.63) is 30.3 Å². The van der Waals surface area contributed by atoms with Crippen LogP contribution in [0.1, 0.15) is 39.0 Å². The van der Waals surface area contributed by atoms with Gasteiger partial charge in [-0.05, 0) is 51.2 Å². The Morgan fingerprint density at radius 2 is 2.19 bits per heavy atom. The molecule has 26 heavy (non-hydrogen) atoms. The lowest BCUT2D eigenvalue weighted by atomic mass is 9.77. The van der Waals surface area contributed by atoms with Crippen molar-refractivity contribution in [2.75, 3.05) is 13.2 Å². The van der Waals surface area contributed by atoms with Gasteiger partial charge in [0.05, 0.1) is 11.6 Å². The molecule has 3 rings (SSSR count). The number of rotatable bonds is 6. The van der Waals surface area contributed by atoms with E-state index in [0.717, 1.165) is 38.7 Å². The Morgan fingerprint density at radius 3 is 2.88 bits per heavy atom. The van der Waals surface area contributed by atoms with Crippen LogP contribution in [0.4, 0.5) is 0 Å². The van der Waals surface area contributed by atoms with Crippen molar-refractivity contribution in [3.63, 3.8) is 0 Å². The lowest BCUT2D eigenvalue weighted by Crippen LogP contribution is -2.59. The lowest BCUT2D eigenvalue weighted by Gasteiger charge is -2.43. The average Bonchev–Trinajstić information content (AvgIpc) is 3.11. The maximum absolute atomic E-state index is 12.4. The van der Waals surface area contributed by atoms with E-state index in [-0.39, 0.29) is 36.2 Å². The van der Waals surface area contributed by atoms with Crippen molar-refractivity contribution < 1.29 is 14.3 Å². The van der Waals surface area contributed by atoms with Crippen LogP contribution < -0.4 is 15.4 Å². The molecular weight excluding hydrogens is 328 g/mol. The summed E-state index contributed by atoms with van der Waals surface area (Å²) in [6.45, 7) is 2.81. The summed E-state index contributed by atoms with van der Waals surface area (Å²) in [5.41, 5.74) is -0.0479. The van der Waals surface area contributed by atoms with E-state index in [0.29, 0.717) is 5.75 Å². The number of terminal acetylenes is 1. The van der Waals surface area contributed by atoms with E-state index in [2.05, 4.69) is 16.6 Å². The number of ether oxygens (including phenoxy) is 2.